The van der Waals surface area contributed by atoms with E-state index < -0.39 is 6.04 Å². The molecule has 1 saturated heterocycles. The van der Waals surface area contributed by atoms with Gasteiger partial charge in [0.1, 0.15) is 24.2 Å². The summed E-state index contributed by atoms with van der Waals surface area (Å²) < 4.78 is 11.0. The third-order valence-corrected chi connectivity index (χ3v) is 7.04. The number of nitrogens with one attached hydrogen (secondary N) is 2. The second-order valence-electron chi connectivity index (χ2n) is 8.28. The first kappa shape index (κ1) is 22.0. The number of amidine groups is 1. The van der Waals surface area contributed by atoms with Crippen molar-refractivity contribution in [1.82, 2.24) is 0 Å². The van der Waals surface area contributed by atoms with E-state index in [1.54, 1.807) is 35.6 Å². The van der Waals surface area contributed by atoms with Crippen molar-refractivity contribution in [1.29, 1.82) is 5.41 Å². The first-order valence-electron chi connectivity index (χ1n) is 10.9. The molecule has 8 nitrogen and oxygen atoms in total. The molecule has 174 valence electrons. The van der Waals surface area contributed by atoms with Crippen LogP contribution in [0.15, 0.2) is 47.2 Å². The van der Waals surface area contributed by atoms with Crippen molar-refractivity contribution in [2.45, 2.75) is 25.5 Å². The highest BCUT2D eigenvalue weighted by atomic mass is 32.1. The summed E-state index contributed by atoms with van der Waals surface area (Å²) in [7, 11) is 1.38. The molecule has 0 spiro atoms. The molecule has 0 saturated carbocycles. The summed E-state index contributed by atoms with van der Waals surface area (Å²) in [5.74, 6) is 0.0387. The van der Waals surface area contributed by atoms with E-state index in [0.717, 1.165) is 23.1 Å². The number of carbonyl (C=O) groups excluding carboxylic acids is 2. The van der Waals surface area contributed by atoms with Gasteiger partial charge in [-0.25, -0.2) is 4.79 Å². The van der Waals surface area contributed by atoms with E-state index in [-0.39, 0.29) is 17.7 Å². The van der Waals surface area contributed by atoms with Crippen molar-refractivity contribution < 1.29 is 19.1 Å². The first-order valence-corrected chi connectivity index (χ1v) is 11.9. The van der Waals surface area contributed by atoms with Gasteiger partial charge in [-0.3, -0.25) is 10.2 Å². The summed E-state index contributed by atoms with van der Waals surface area (Å²) in [6.07, 6.45) is 1.48. The van der Waals surface area contributed by atoms with Crippen molar-refractivity contribution in [2.75, 3.05) is 23.9 Å². The molecule has 34 heavy (non-hydrogen) atoms. The number of nitrogens with two attached hydrogens (primary N) is 1. The highest BCUT2D eigenvalue weighted by Gasteiger charge is 2.35. The van der Waals surface area contributed by atoms with E-state index in [0.29, 0.717) is 47.8 Å². The number of hydrogen-bond acceptors (Lipinski definition) is 7. The second kappa shape index (κ2) is 8.83. The van der Waals surface area contributed by atoms with Gasteiger partial charge in [-0.15, -0.1) is 0 Å². The van der Waals surface area contributed by atoms with E-state index in [4.69, 9.17) is 20.6 Å². The van der Waals surface area contributed by atoms with E-state index >= 15 is 0 Å². The average molecular weight is 477 g/mol. The summed E-state index contributed by atoms with van der Waals surface area (Å²) >= 11 is 1.60. The van der Waals surface area contributed by atoms with Gasteiger partial charge in [0.05, 0.1) is 18.4 Å². The Bertz CT molecular complexity index is 1280. The lowest BCUT2D eigenvalue weighted by molar-refractivity contribution is -0.141. The van der Waals surface area contributed by atoms with Crippen molar-refractivity contribution in [3.05, 3.63) is 63.8 Å². The number of nitrogens with zero attached hydrogens (tertiary/aromatic N) is 1. The number of hydrogen-bond donors (Lipinski definition) is 3. The summed E-state index contributed by atoms with van der Waals surface area (Å²) in [5, 5.41) is 14.6. The molecule has 3 heterocycles. The van der Waals surface area contributed by atoms with Crippen LogP contribution in [0.5, 0.6) is 5.75 Å². The van der Waals surface area contributed by atoms with Crippen molar-refractivity contribution >= 4 is 40.4 Å². The standard InChI is InChI=1S/C25H24N4O4S/c1-32-25(31)20-3-2-8-29(20)21-10-22-17(19-13-34-12-15(19)11-33-22)9-18(21)24(30)28-16-6-4-14(5-7-16)23(26)27/h4-7,9-10,12-13,20H,2-3,8,11H2,1H3,(H3,26,27)(H,28,30)/t20-/m1/s1. The van der Waals surface area contributed by atoms with Crippen molar-refractivity contribution in [3.8, 4) is 16.9 Å². The van der Waals surface area contributed by atoms with E-state index in [9.17, 15) is 9.59 Å². The molecule has 0 radical (unpaired) electrons. The number of esters is 1. The van der Waals surface area contributed by atoms with Gasteiger partial charge in [-0.2, -0.15) is 11.3 Å². The van der Waals surface area contributed by atoms with Gasteiger partial charge in [-0.1, -0.05) is 0 Å². The number of amides is 1. The molecule has 0 unspecified atom stereocenters. The Balaban J connectivity index is 1.56. The Morgan fingerprint density at radius 2 is 2.00 bits per heavy atom. The van der Waals surface area contributed by atoms with Crippen LogP contribution in [0.2, 0.25) is 0 Å². The van der Waals surface area contributed by atoms with Crippen LogP contribution in [0, 0.1) is 5.41 Å². The molecule has 9 heteroatoms. The van der Waals surface area contributed by atoms with Gasteiger partial charge in [0.25, 0.3) is 5.91 Å². The number of benzene rings is 2. The maximum Gasteiger partial charge on any atom is 0.328 e. The van der Waals surface area contributed by atoms with Crippen molar-refractivity contribution in [3.63, 3.8) is 0 Å². The van der Waals surface area contributed by atoms with Crippen LogP contribution < -0.4 is 20.7 Å². The van der Waals surface area contributed by atoms with Gasteiger partial charge in [0.2, 0.25) is 0 Å². The Hall–Kier alpha value is -3.85. The smallest absolute Gasteiger partial charge is 0.328 e. The van der Waals surface area contributed by atoms with Gasteiger partial charge >= 0.3 is 5.97 Å². The molecular weight excluding hydrogens is 452 g/mol. The summed E-state index contributed by atoms with van der Waals surface area (Å²) in [4.78, 5) is 27.9. The third kappa shape index (κ3) is 3.88. The Labute approximate surface area is 200 Å². The number of fused-ring (bicyclic) bond motifs is 3. The molecule has 2 aliphatic rings. The fourth-order valence-electron chi connectivity index (χ4n) is 4.51. The lowest BCUT2D eigenvalue weighted by atomic mass is 9.97. The van der Waals surface area contributed by atoms with Crippen LogP contribution in [-0.2, 0) is 16.1 Å². The molecular formula is C25H24N4O4S. The Morgan fingerprint density at radius 3 is 2.74 bits per heavy atom. The summed E-state index contributed by atoms with van der Waals surface area (Å²) in [6, 6.07) is 10.0. The fourth-order valence-corrected chi connectivity index (χ4v) is 5.35. The molecule has 1 atom stereocenters. The predicted molar refractivity (Wildman–Crippen MR) is 132 cm³/mol. The fraction of sp³-hybridized carbons (Fsp3) is 0.240. The van der Waals surface area contributed by atoms with Crippen LogP contribution in [0.25, 0.3) is 11.1 Å². The van der Waals surface area contributed by atoms with Crippen LogP contribution in [0.3, 0.4) is 0 Å². The average Bonchev–Trinajstić information content (AvgIpc) is 3.53. The quantitative estimate of drug-likeness (QED) is 0.291. The lowest BCUT2D eigenvalue weighted by Gasteiger charge is -2.29. The molecule has 3 aromatic rings. The number of rotatable bonds is 5. The largest absolute Gasteiger partial charge is 0.488 e. The third-order valence-electron chi connectivity index (χ3n) is 6.25. The van der Waals surface area contributed by atoms with E-state index in [1.807, 2.05) is 17.0 Å². The molecule has 2 aromatic carbocycles. The normalized spacial score (nSPS) is 16.3. The highest BCUT2D eigenvalue weighted by Crippen LogP contribution is 2.44. The zero-order chi connectivity index (χ0) is 23.8. The van der Waals surface area contributed by atoms with Crippen LogP contribution >= 0.6 is 11.3 Å². The molecule has 5 rings (SSSR count). The molecule has 0 aliphatic carbocycles. The van der Waals surface area contributed by atoms with Gasteiger partial charge < -0.3 is 25.4 Å². The maximum atomic E-state index is 13.5. The number of carbonyl (C=O) groups is 2. The SMILES string of the molecule is COC(=O)[C@H]1CCCN1c1cc2c(cc1C(=O)Nc1ccc(C(=N)N)cc1)-c1cscc1CO2. The Morgan fingerprint density at radius 1 is 1.21 bits per heavy atom. The first-order chi connectivity index (χ1) is 16.5. The zero-order valence-electron chi connectivity index (χ0n) is 18.6. The Kier molecular flexibility index (Phi) is 5.70. The van der Waals surface area contributed by atoms with Gasteiger partial charge in [-0.05, 0) is 53.9 Å². The van der Waals surface area contributed by atoms with Crippen LogP contribution in [0.1, 0.15) is 34.3 Å². The molecule has 1 aromatic heterocycles. The molecule has 2 aliphatic heterocycles. The zero-order valence-corrected chi connectivity index (χ0v) is 19.4. The molecule has 0 bridgehead atoms. The van der Waals surface area contributed by atoms with E-state index in [1.165, 1.54) is 7.11 Å². The second-order valence-corrected chi connectivity index (χ2v) is 9.03. The van der Waals surface area contributed by atoms with Gasteiger partial charge in [0, 0.05) is 40.6 Å². The minimum absolute atomic E-state index is 0.0377. The summed E-state index contributed by atoms with van der Waals surface area (Å²) in [6.45, 7) is 1.11. The van der Waals surface area contributed by atoms with Gasteiger partial charge in [0.15, 0.2) is 0 Å². The maximum absolute atomic E-state index is 13.5. The van der Waals surface area contributed by atoms with Crippen molar-refractivity contribution in [2.24, 2.45) is 5.73 Å². The molecule has 1 fully saturated rings. The predicted octanol–water partition coefficient (Wildman–Crippen LogP) is 3.99. The molecule has 4 N–H and O–H groups in total. The van der Waals surface area contributed by atoms with Crippen LogP contribution in [0.4, 0.5) is 11.4 Å². The molecule has 1 amide bonds. The number of nitrogen functional groups attached to an aromatic ring is 1. The van der Waals surface area contributed by atoms with E-state index in [2.05, 4.69) is 16.1 Å². The number of thiophene rings is 1. The number of methoxy groups -OCH3 is 1. The topological polar surface area (TPSA) is 118 Å². The lowest BCUT2D eigenvalue weighted by Crippen LogP contribution is -2.38. The monoisotopic (exact) mass is 476 g/mol. The minimum atomic E-state index is -0.454. The van der Waals surface area contributed by atoms with Crippen LogP contribution in [-0.4, -0.2) is 37.4 Å². The highest BCUT2D eigenvalue weighted by molar-refractivity contribution is 7.08. The number of ether oxygens (including phenoxy) is 2. The number of anilines is 2. The summed E-state index contributed by atoms with van der Waals surface area (Å²) in [5.41, 5.74) is 10.8. The minimum Gasteiger partial charge on any atom is -0.488 e.